The van der Waals surface area contributed by atoms with Crippen molar-refractivity contribution in [1.82, 2.24) is 4.98 Å². The van der Waals surface area contributed by atoms with Gasteiger partial charge >= 0.3 is 5.97 Å². The highest BCUT2D eigenvalue weighted by Crippen LogP contribution is 2.33. The first-order valence-corrected chi connectivity index (χ1v) is 9.21. The van der Waals surface area contributed by atoms with E-state index in [9.17, 15) is 9.90 Å². The maximum atomic E-state index is 11.5. The van der Waals surface area contributed by atoms with E-state index in [1.165, 1.54) is 0 Å². The minimum absolute atomic E-state index is 0.0338. The predicted molar refractivity (Wildman–Crippen MR) is 111 cm³/mol. The SMILES string of the molecule is Cc1cccc2c(CC(=O)O)c(-c3cccc(OCc4ccccc4)c3)[nH]c12. The number of aromatic nitrogens is 1. The number of para-hydroxylation sites is 1. The van der Waals surface area contributed by atoms with E-state index in [-0.39, 0.29) is 6.42 Å². The summed E-state index contributed by atoms with van der Waals surface area (Å²) in [5.74, 6) is -0.0989. The number of hydrogen-bond acceptors (Lipinski definition) is 2. The summed E-state index contributed by atoms with van der Waals surface area (Å²) in [4.78, 5) is 14.9. The second-order valence-electron chi connectivity index (χ2n) is 6.85. The molecule has 28 heavy (non-hydrogen) atoms. The Morgan fingerprint density at radius 2 is 1.79 bits per heavy atom. The lowest BCUT2D eigenvalue weighted by molar-refractivity contribution is -0.136. The molecule has 0 fully saturated rings. The van der Waals surface area contributed by atoms with E-state index in [2.05, 4.69) is 4.98 Å². The number of rotatable bonds is 6. The van der Waals surface area contributed by atoms with Gasteiger partial charge in [-0.15, -0.1) is 0 Å². The molecule has 1 aromatic heterocycles. The molecule has 4 rings (SSSR count). The third-order valence-corrected chi connectivity index (χ3v) is 4.85. The summed E-state index contributed by atoms with van der Waals surface area (Å²) in [6.07, 6.45) is -0.0338. The first-order chi connectivity index (χ1) is 13.6. The Balaban J connectivity index is 1.71. The molecule has 0 saturated heterocycles. The van der Waals surface area contributed by atoms with Crippen molar-refractivity contribution in [2.45, 2.75) is 20.0 Å². The number of nitrogens with one attached hydrogen (secondary N) is 1. The Labute approximate surface area is 163 Å². The van der Waals surface area contributed by atoms with Crippen LogP contribution in [0, 0.1) is 6.92 Å². The van der Waals surface area contributed by atoms with Crippen molar-refractivity contribution in [2.75, 3.05) is 0 Å². The van der Waals surface area contributed by atoms with E-state index in [1.807, 2.05) is 79.7 Å². The Morgan fingerprint density at radius 3 is 2.57 bits per heavy atom. The molecule has 0 aliphatic heterocycles. The van der Waals surface area contributed by atoms with E-state index in [1.54, 1.807) is 0 Å². The van der Waals surface area contributed by atoms with Crippen LogP contribution in [0.5, 0.6) is 5.75 Å². The third-order valence-electron chi connectivity index (χ3n) is 4.85. The summed E-state index contributed by atoms with van der Waals surface area (Å²) in [5.41, 5.74) is 5.71. The molecular weight excluding hydrogens is 350 g/mol. The fourth-order valence-corrected chi connectivity index (χ4v) is 3.48. The highest BCUT2D eigenvalue weighted by atomic mass is 16.5. The van der Waals surface area contributed by atoms with E-state index in [0.29, 0.717) is 6.61 Å². The molecule has 0 atom stereocenters. The maximum Gasteiger partial charge on any atom is 0.307 e. The van der Waals surface area contributed by atoms with Crippen LogP contribution in [0.1, 0.15) is 16.7 Å². The number of aryl methyl sites for hydroxylation is 1. The van der Waals surface area contributed by atoms with Crippen LogP contribution in [0.2, 0.25) is 0 Å². The van der Waals surface area contributed by atoms with Crippen LogP contribution in [-0.4, -0.2) is 16.1 Å². The van der Waals surface area contributed by atoms with Gasteiger partial charge in [0, 0.05) is 16.5 Å². The Morgan fingerprint density at radius 1 is 1.00 bits per heavy atom. The molecule has 4 nitrogen and oxygen atoms in total. The van der Waals surface area contributed by atoms with Crippen molar-refractivity contribution in [3.8, 4) is 17.0 Å². The molecule has 4 aromatic rings. The first kappa shape index (κ1) is 17.9. The molecule has 0 radical (unpaired) electrons. The van der Waals surface area contributed by atoms with E-state index in [4.69, 9.17) is 4.74 Å². The van der Waals surface area contributed by atoms with Gasteiger partial charge in [0.15, 0.2) is 0 Å². The van der Waals surface area contributed by atoms with Crippen molar-refractivity contribution in [3.05, 3.63) is 89.5 Å². The second kappa shape index (κ2) is 7.61. The van der Waals surface area contributed by atoms with E-state index >= 15 is 0 Å². The van der Waals surface area contributed by atoms with Crippen molar-refractivity contribution >= 4 is 16.9 Å². The van der Waals surface area contributed by atoms with Crippen molar-refractivity contribution < 1.29 is 14.6 Å². The summed E-state index contributed by atoms with van der Waals surface area (Å²) < 4.78 is 5.94. The minimum atomic E-state index is -0.847. The van der Waals surface area contributed by atoms with Crippen molar-refractivity contribution in [3.63, 3.8) is 0 Å². The molecule has 0 spiro atoms. The number of benzene rings is 3. The molecule has 4 heteroatoms. The zero-order chi connectivity index (χ0) is 19.5. The monoisotopic (exact) mass is 371 g/mol. The largest absolute Gasteiger partial charge is 0.489 e. The average Bonchev–Trinajstić information content (AvgIpc) is 3.07. The summed E-state index contributed by atoms with van der Waals surface area (Å²) in [6, 6.07) is 23.7. The lowest BCUT2D eigenvalue weighted by atomic mass is 10.0. The number of aromatic amines is 1. The van der Waals surface area contributed by atoms with Crippen LogP contribution in [0.25, 0.3) is 22.2 Å². The molecule has 2 N–H and O–H groups in total. The minimum Gasteiger partial charge on any atom is -0.489 e. The van der Waals surface area contributed by atoms with Gasteiger partial charge in [-0.3, -0.25) is 4.79 Å². The zero-order valence-corrected chi connectivity index (χ0v) is 15.6. The van der Waals surface area contributed by atoms with Crippen LogP contribution < -0.4 is 4.74 Å². The van der Waals surface area contributed by atoms with Crippen LogP contribution in [0.3, 0.4) is 0 Å². The number of H-pyrrole nitrogens is 1. The molecule has 140 valence electrons. The normalized spacial score (nSPS) is 10.9. The summed E-state index contributed by atoms with van der Waals surface area (Å²) in [6.45, 7) is 2.50. The van der Waals surface area contributed by atoms with Gasteiger partial charge in [0.1, 0.15) is 12.4 Å². The third kappa shape index (κ3) is 3.62. The lowest BCUT2D eigenvalue weighted by Crippen LogP contribution is -2.01. The standard InChI is InChI=1S/C24H21NO3/c1-16-7-5-12-20-21(14-22(26)27)24(25-23(16)20)18-10-6-11-19(13-18)28-15-17-8-3-2-4-9-17/h2-13,25H,14-15H2,1H3,(H,26,27). The lowest BCUT2D eigenvalue weighted by Gasteiger charge is -2.09. The Hall–Kier alpha value is -3.53. The highest BCUT2D eigenvalue weighted by molar-refractivity contribution is 5.95. The fourth-order valence-electron chi connectivity index (χ4n) is 3.48. The summed E-state index contributed by atoms with van der Waals surface area (Å²) in [7, 11) is 0. The molecule has 0 bridgehead atoms. The smallest absolute Gasteiger partial charge is 0.307 e. The molecule has 0 unspecified atom stereocenters. The molecule has 3 aromatic carbocycles. The summed E-state index contributed by atoms with van der Waals surface area (Å²) >= 11 is 0. The van der Waals surface area contributed by atoms with Gasteiger partial charge < -0.3 is 14.8 Å². The number of carboxylic acids is 1. The van der Waals surface area contributed by atoms with Gasteiger partial charge in [0.05, 0.1) is 12.1 Å². The highest BCUT2D eigenvalue weighted by Gasteiger charge is 2.17. The van der Waals surface area contributed by atoms with Crippen molar-refractivity contribution in [2.24, 2.45) is 0 Å². The van der Waals surface area contributed by atoms with Gasteiger partial charge in [0.2, 0.25) is 0 Å². The predicted octanol–water partition coefficient (Wildman–Crippen LogP) is 5.35. The van der Waals surface area contributed by atoms with Gasteiger partial charge in [0.25, 0.3) is 0 Å². The molecule has 0 saturated carbocycles. The zero-order valence-electron chi connectivity index (χ0n) is 15.6. The van der Waals surface area contributed by atoms with Gasteiger partial charge in [-0.1, -0.05) is 60.7 Å². The quantitative estimate of drug-likeness (QED) is 0.480. The van der Waals surface area contributed by atoms with Gasteiger partial charge in [-0.25, -0.2) is 0 Å². The maximum absolute atomic E-state index is 11.5. The van der Waals surface area contributed by atoms with Crippen LogP contribution in [-0.2, 0) is 17.8 Å². The number of carbonyl (C=O) groups is 1. The summed E-state index contributed by atoms with van der Waals surface area (Å²) in [5, 5.41) is 10.4. The number of hydrogen-bond donors (Lipinski definition) is 2. The second-order valence-corrected chi connectivity index (χ2v) is 6.85. The van der Waals surface area contributed by atoms with Crippen LogP contribution in [0.15, 0.2) is 72.8 Å². The van der Waals surface area contributed by atoms with Crippen LogP contribution in [0.4, 0.5) is 0 Å². The Bertz CT molecular complexity index is 1130. The number of ether oxygens (including phenoxy) is 1. The molecule has 0 aliphatic carbocycles. The number of fused-ring (bicyclic) bond motifs is 1. The van der Waals surface area contributed by atoms with E-state index < -0.39 is 5.97 Å². The van der Waals surface area contributed by atoms with Crippen molar-refractivity contribution in [1.29, 1.82) is 0 Å². The first-order valence-electron chi connectivity index (χ1n) is 9.21. The van der Waals surface area contributed by atoms with E-state index in [0.717, 1.165) is 44.6 Å². The average molecular weight is 371 g/mol. The number of aliphatic carboxylic acids is 1. The number of carboxylic acid groups (broad SMARTS) is 1. The molecular formula is C24H21NO3. The fraction of sp³-hybridized carbons (Fsp3) is 0.125. The Kier molecular flexibility index (Phi) is 4.85. The topological polar surface area (TPSA) is 62.3 Å². The van der Waals surface area contributed by atoms with Gasteiger partial charge in [-0.2, -0.15) is 0 Å². The molecule has 1 heterocycles. The van der Waals surface area contributed by atoms with Gasteiger partial charge in [-0.05, 0) is 35.7 Å². The molecule has 0 aliphatic rings. The van der Waals surface area contributed by atoms with Crippen LogP contribution >= 0.6 is 0 Å². The molecule has 0 amide bonds.